The van der Waals surface area contributed by atoms with Gasteiger partial charge in [0.15, 0.2) is 11.5 Å². The standard InChI is InChI=1S/C24H24N4O3S/c1-30-20-10-6-9-18(24(20)31-2)15-28-21(11-12-25-28)27-22(29)14-19-16-32-23(26-19)13-17-7-4-3-5-8-17/h3-12,16H,13-15H2,1-2H3,(H,27,29). The van der Waals surface area contributed by atoms with Crippen LogP contribution in [-0.2, 0) is 24.2 Å². The van der Waals surface area contributed by atoms with Crippen molar-refractivity contribution in [3.8, 4) is 11.5 Å². The highest BCUT2D eigenvalue weighted by atomic mass is 32.1. The van der Waals surface area contributed by atoms with E-state index in [4.69, 9.17) is 9.47 Å². The van der Waals surface area contributed by atoms with Gasteiger partial charge in [-0.25, -0.2) is 9.67 Å². The molecule has 0 aliphatic heterocycles. The molecule has 0 spiro atoms. The number of carbonyl (C=O) groups excluding carboxylic acids is 1. The minimum atomic E-state index is -0.138. The van der Waals surface area contributed by atoms with Gasteiger partial charge in [-0.05, 0) is 11.6 Å². The lowest BCUT2D eigenvalue weighted by molar-refractivity contribution is -0.115. The van der Waals surface area contributed by atoms with Crippen LogP contribution in [-0.4, -0.2) is 34.9 Å². The second kappa shape index (κ2) is 10.1. The molecule has 0 aliphatic carbocycles. The van der Waals surface area contributed by atoms with Gasteiger partial charge >= 0.3 is 0 Å². The van der Waals surface area contributed by atoms with E-state index in [-0.39, 0.29) is 12.3 Å². The molecule has 0 unspecified atom stereocenters. The van der Waals surface area contributed by atoms with Gasteiger partial charge in [0.25, 0.3) is 0 Å². The number of benzene rings is 2. The molecule has 0 bridgehead atoms. The largest absolute Gasteiger partial charge is 0.493 e. The molecular weight excluding hydrogens is 424 g/mol. The third-order valence-electron chi connectivity index (χ3n) is 4.93. The van der Waals surface area contributed by atoms with Gasteiger partial charge < -0.3 is 14.8 Å². The smallest absolute Gasteiger partial charge is 0.231 e. The number of anilines is 1. The van der Waals surface area contributed by atoms with Crippen LogP contribution in [0.4, 0.5) is 5.82 Å². The summed E-state index contributed by atoms with van der Waals surface area (Å²) in [6.45, 7) is 0.431. The van der Waals surface area contributed by atoms with Crippen LogP contribution < -0.4 is 14.8 Å². The van der Waals surface area contributed by atoms with Gasteiger partial charge in [-0.15, -0.1) is 11.3 Å². The number of amides is 1. The van der Waals surface area contributed by atoms with Crippen LogP contribution >= 0.6 is 11.3 Å². The van der Waals surface area contributed by atoms with Crippen molar-refractivity contribution in [3.05, 3.63) is 88.0 Å². The van der Waals surface area contributed by atoms with Crippen LogP contribution in [0.5, 0.6) is 11.5 Å². The third kappa shape index (κ3) is 5.15. The summed E-state index contributed by atoms with van der Waals surface area (Å²) in [5.74, 6) is 1.77. The first kappa shape index (κ1) is 21.6. The average Bonchev–Trinajstić information content (AvgIpc) is 3.43. The number of para-hydroxylation sites is 1. The molecule has 4 aromatic rings. The van der Waals surface area contributed by atoms with E-state index in [0.717, 1.165) is 22.7 Å². The van der Waals surface area contributed by atoms with Crippen molar-refractivity contribution in [3.63, 3.8) is 0 Å². The fraction of sp³-hybridized carbons (Fsp3) is 0.208. The molecule has 0 saturated heterocycles. The first-order valence-electron chi connectivity index (χ1n) is 10.1. The highest BCUT2D eigenvalue weighted by molar-refractivity contribution is 7.09. The maximum Gasteiger partial charge on any atom is 0.231 e. The van der Waals surface area contributed by atoms with Crippen molar-refractivity contribution in [1.29, 1.82) is 0 Å². The van der Waals surface area contributed by atoms with E-state index >= 15 is 0 Å². The molecule has 8 heteroatoms. The Labute approximate surface area is 190 Å². The zero-order valence-corrected chi connectivity index (χ0v) is 18.8. The summed E-state index contributed by atoms with van der Waals surface area (Å²) in [6, 6.07) is 17.6. The molecular formula is C24H24N4O3S. The van der Waals surface area contributed by atoms with Crippen LogP contribution in [0.2, 0.25) is 0 Å². The van der Waals surface area contributed by atoms with E-state index in [2.05, 4.69) is 27.5 Å². The van der Waals surface area contributed by atoms with Gasteiger partial charge in [0.2, 0.25) is 5.91 Å². The number of aromatic nitrogens is 3. The monoisotopic (exact) mass is 448 g/mol. The molecule has 0 radical (unpaired) electrons. The SMILES string of the molecule is COc1cccc(Cn2nccc2NC(=O)Cc2csc(Cc3ccccc3)n2)c1OC. The maximum atomic E-state index is 12.6. The van der Waals surface area contributed by atoms with E-state index in [9.17, 15) is 4.79 Å². The highest BCUT2D eigenvalue weighted by Gasteiger charge is 2.14. The Hall–Kier alpha value is -3.65. The molecule has 4 rings (SSSR count). The lowest BCUT2D eigenvalue weighted by Crippen LogP contribution is -2.18. The second-order valence-corrected chi connectivity index (χ2v) is 8.09. The molecule has 0 atom stereocenters. The normalized spacial score (nSPS) is 10.7. The molecule has 2 heterocycles. The molecule has 1 N–H and O–H groups in total. The lowest BCUT2D eigenvalue weighted by atomic mass is 10.2. The summed E-state index contributed by atoms with van der Waals surface area (Å²) in [5.41, 5.74) is 2.87. The predicted molar refractivity (Wildman–Crippen MR) is 125 cm³/mol. The molecule has 7 nitrogen and oxygen atoms in total. The minimum Gasteiger partial charge on any atom is -0.493 e. The fourth-order valence-corrected chi connectivity index (χ4v) is 4.27. The zero-order valence-electron chi connectivity index (χ0n) is 17.9. The maximum absolute atomic E-state index is 12.6. The Morgan fingerprint density at radius 1 is 1.06 bits per heavy atom. The molecule has 0 fully saturated rings. The van der Waals surface area contributed by atoms with Gasteiger partial charge in [0.05, 0.1) is 44.1 Å². The Morgan fingerprint density at radius 3 is 2.69 bits per heavy atom. The number of nitrogens with one attached hydrogen (secondary N) is 1. The number of rotatable bonds is 9. The number of hydrogen-bond donors (Lipinski definition) is 1. The summed E-state index contributed by atoms with van der Waals surface area (Å²) in [5, 5.41) is 10.2. The summed E-state index contributed by atoms with van der Waals surface area (Å²) >= 11 is 1.57. The molecule has 32 heavy (non-hydrogen) atoms. The molecule has 2 aromatic heterocycles. The van der Waals surface area contributed by atoms with Crippen LogP contribution in [0.1, 0.15) is 21.8 Å². The van der Waals surface area contributed by atoms with Crippen molar-refractivity contribution >= 4 is 23.1 Å². The number of ether oxygens (including phenoxy) is 2. The summed E-state index contributed by atoms with van der Waals surface area (Å²) in [7, 11) is 3.21. The van der Waals surface area contributed by atoms with Gasteiger partial charge in [-0.1, -0.05) is 42.5 Å². The fourth-order valence-electron chi connectivity index (χ4n) is 3.44. The van der Waals surface area contributed by atoms with E-state index in [1.807, 2.05) is 41.8 Å². The second-order valence-electron chi connectivity index (χ2n) is 7.15. The Kier molecular flexibility index (Phi) is 6.81. The van der Waals surface area contributed by atoms with Crippen molar-refractivity contribution < 1.29 is 14.3 Å². The van der Waals surface area contributed by atoms with E-state index in [1.54, 1.807) is 42.5 Å². The predicted octanol–water partition coefficient (Wildman–Crippen LogP) is 4.18. The van der Waals surface area contributed by atoms with E-state index < -0.39 is 0 Å². The molecule has 0 aliphatic rings. The van der Waals surface area contributed by atoms with Crippen LogP contribution in [0.15, 0.2) is 66.2 Å². The van der Waals surface area contributed by atoms with Crippen molar-refractivity contribution in [2.75, 3.05) is 19.5 Å². The molecule has 1 amide bonds. The molecule has 0 saturated carbocycles. The highest BCUT2D eigenvalue weighted by Crippen LogP contribution is 2.31. The van der Waals surface area contributed by atoms with Crippen molar-refractivity contribution in [1.82, 2.24) is 14.8 Å². The van der Waals surface area contributed by atoms with Crippen LogP contribution in [0, 0.1) is 0 Å². The quantitative estimate of drug-likeness (QED) is 0.416. The van der Waals surface area contributed by atoms with Gasteiger partial charge in [0, 0.05) is 23.4 Å². The first-order chi connectivity index (χ1) is 15.7. The van der Waals surface area contributed by atoms with Crippen LogP contribution in [0.25, 0.3) is 0 Å². The van der Waals surface area contributed by atoms with Crippen molar-refractivity contribution in [2.45, 2.75) is 19.4 Å². The average molecular weight is 449 g/mol. The minimum absolute atomic E-state index is 0.138. The summed E-state index contributed by atoms with van der Waals surface area (Å²) in [4.78, 5) is 17.3. The lowest BCUT2D eigenvalue weighted by Gasteiger charge is -2.14. The Morgan fingerprint density at radius 2 is 1.91 bits per heavy atom. The van der Waals surface area contributed by atoms with Gasteiger partial charge in [0.1, 0.15) is 5.82 Å². The van der Waals surface area contributed by atoms with Crippen LogP contribution in [0.3, 0.4) is 0 Å². The topological polar surface area (TPSA) is 78.3 Å². The van der Waals surface area contributed by atoms with Crippen molar-refractivity contribution in [2.24, 2.45) is 0 Å². The summed E-state index contributed by atoms with van der Waals surface area (Å²) in [6.07, 6.45) is 2.63. The first-order valence-corrected chi connectivity index (χ1v) is 11.0. The number of methoxy groups -OCH3 is 2. The number of thiazole rings is 1. The third-order valence-corrected chi connectivity index (χ3v) is 5.83. The molecule has 2 aromatic carbocycles. The van der Waals surface area contributed by atoms with E-state index in [1.165, 1.54) is 5.56 Å². The van der Waals surface area contributed by atoms with Gasteiger partial charge in [-0.3, -0.25) is 4.79 Å². The Bertz CT molecular complexity index is 1190. The summed E-state index contributed by atoms with van der Waals surface area (Å²) < 4.78 is 12.6. The van der Waals surface area contributed by atoms with Gasteiger partial charge in [-0.2, -0.15) is 5.10 Å². The zero-order chi connectivity index (χ0) is 22.3. The number of carbonyl (C=O) groups is 1. The number of nitrogens with zero attached hydrogens (tertiary/aromatic N) is 3. The molecule has 164 valence electrons. The Balaban J connectivity index is 1.40. The number of hydrogen-bond acceptors (Lipinski definition) is 6. The van der Waals surface area contributed by atoms with E-state index in [0.29, 0.717) is 23.9 Å².